The Balaban J connectivity index is 0. The molecule has 0 unspecified atom stereocenters. The average molecular weight is 158 g/mol. The van der Waals surface area contributed by atoms with Crippen LogP contribution >= 0.6 is 0 Å². The highest BCUT2D eigenvalue weighted by atomic mass is 16.4. The zero-order chi connectivity index (χ0) is 9.28. The molecule has 0 amide bonds. The lowest BCUT2D eigenvalue weighted by Gasteiger charge is -1.73. The molecule has 3 nitrogen and oxygen atoms in total. The van der Waals surface area contributed by atoms with Crippen molar-refractivity contribution in [3.8, 4) is 0 Å². The van der Waals surface area contributed by atoms with Crippen LogP contribution in [0.3, 0.4) is 0 Å². The van der Waals surface area contributed by atoms with Crippen molar-refractivity contribution >= 4 is 12.3 Å². The van der Waals surface area contributed by atoms with Gasteiger partial charge in [0.2, 0.25) is 0 Å². The lowest BCUT2D eigenvalue weighted by Crippen LogP contribution is -1.86. The monoisotopic (exact) mass is 158 g/mol. The van der Waals surface area contributed by atoms with E-state index < -0.39 is 5.97 Å². The zero-order valence-corrected chi connectivity index (χ0v) is 7.13. The van der Waals surface area contributed by atoms with Gasteiger partial charge in [-0.3, -0.25) is 9.59 Å². The molecule has 0 fully saturated rings. The standard InChI is InChI=1S/C5H8O.C3H6O2/c1-5(2)3-4-6;1-2-3(4)5/h3-4H,1-2H3;2H2,1H3,(H,4,5). The summed E-state index contributed by atoms with van der Waals surface area (Å²) in [4.78, 5) is 18.9. The summed E-state index contributed by atoms with van der Waals surface area (Å²) in [5.74, 6) is -0.745. The first-order valence-corrected chi connectivity index (χ1v) is 3.35. The van der Waals surface area contributed by atoms with Crippen molar-refractivity contribution in [2.75, 3.05) is 0 Å². The molecule has 0 aromatic rings. The van der Waals surface area contributed by atoms with Gasteiger partial charge in [0.05, 0.1) is 0 Å². The Morgan fingerprint density at radius 2 is 1.82 bits per heavy atom. The second-order valence-electron chi connectivity index (χ2n) is 2.13. The van der Waals surface area contributed by atoms with Gasteiger partial charge in [0, 0.05) is 6.42 Å². The van der Waals surface area contributed by atoms with Crippen LogP contribution in [-0.4, -0.2) is 17.4 Å². The predicted octanol–water partition coefficient (Wildman–Crippen LogP) is 1.63. The summed E-state index contributed by atoms with van der Waals surface area (Å²) in [5.41, 5.74) is 1.05. The summed E-state index contributed by atoms with van der Waals surface area (Å²) < 4.78 is 0. The molecule has 11 heavy (non-hydrogen) atoms. The number of carboxylic acid groups (broad SMARTS) is 1. The van der Waals surface area contributed by atoms with Gasteiger partial charge >= 0.3 is 5.97 Å². The molecule has 0 rings (SSSR count). The van der Waals surface area contributed by atoms with Crippen molar-refractivity contribution in [2.24, 2.45) is 0 Å². The van der Waals surface area contributed by atoms with E-state index in [-0.39, 0.29) is 6.42 Å². The molecule has 0 saturated heterocycles. The molecule has 3 heteroatoms. The number of rotatable bonds is 2. The highest BCUT2D eigenvalue weighted by molar-refractivity contribution is 5.66. The minimum absolute atomic E-state index is 0.222. The molecule has 0 aromatic heterocycles. The van der Waals surface area contributed by atoms with Crippen molar-refractivity contribution in [3.63, 3.8) is 0 Å². The first-order chi connectivity index (χ1) is 5.04. The molecule has 0 radical (unpaired) electrons. The van der Waals surface area contributed by atoms with E-state index >= 15 is 0 Å². The van der Waals surface area contributed by atoms with Crippen LogP contribution in [0.15, 0.2) is 11.6 Å². The molecule has 0 aromatic carbocycles. The molecular weight excluding hydrogens is 144 g/mol. The average Bonchev–Trinajstić information content (AvgIpc) is 1.89. The van der Waals surface area contributed by atoms with Crippen molar-refractivity contribution in [1.82, 2.24) is 0 Å². The Hall–Kier alpha value is -1.12. The fraction of sp³-hybridized carbons (Fsp3) is 0.500. The van der Waals surface area contributed by atoms with Gasteiger partial charge < -0.3 is 5.11 Å². The maximum Gasteiger partial charge on any atom is 0.303 e. The van der Waals surface area contributed by atoms with E-state index in [0.717, 1.165) is 11.9 Å². The van der Waals surface area contributed by atoms with E-state index in [4.69, 9.17) is 5.11 Å². The third-order valence-corrected chi connectivity index (χ3v) is 0.704. The lowest BCUT2D eigenvalue weighted by atomic mass is 10.3. The molecule has 0 aliphatic heterocycles. The maximum absolute atomic E-state index is 9.54. The van der Waals surface area contributed by atoms with E-state index in [1.54, 1.807) is 6.92 Å². The number of aldehydes is 1. The molecule has 1 N–H and O–H groups in total. The van der Waals surface area contributed by atoms with Crippen molar-refractivity contribution < 1.29 is 14.7 Å². The Morgan fingerprint density at radius 3 is 1.82 bits per heavy atom. The quantitative estimate of drug-likeness (QED) is 0.491. The van der Waals surface area contributed by atoms with Crippen molar-refractivity contribution in [2.45, 2.75) is 27.2 Å². The third kappa shape index (κ3) is 27.9. The highest BCUT2D eigenvalue weighted by Gasteiger charge is 1.80. The van der Waals surface area contributed by atoms with Crippen LogP contribution in [-0.2, 0) is 9.59 Å². The summed E-state index contributed by atoms with van der Waals surface area (Å²) in [6.45, 7) is 5.37. The Kier molecular flexibility index (Phi) is 10.1. The molecule has 0 spiro atoms. The van der Waals surface area contributed by atoms with Gasteiger partial charge in [-0.05, 0) is 19.9 Å². The third-order valence-electron chi connectivity index (χ3n) is 0.704. The molecule has 0 aliphatic rings. The SMILES string of the molecule is CC(C)=CC=O.CCC(=O)O. The van der Waals surface area contributed by atoms with E-state index in [1.807, 2.05) is 13.8 Å². The molecule has 64 valence electrons. The number of carboxylic acids is 1. The number of aliphatic carboxylic acids is 1. The normalized spacial score (nSPS) is 7.18. The van der Waals surface area contributed by atoms with Gasteiger partial charge in [-0.2, -0.15) is 0 Å². The maximum atomic E-state index is 9.54. The van der Waals surface area contributed by atoms with E-state index in [9.17, 15) is 9.59 Å². The largest absolute Gasteiger partial charge is 0.481 e. The first-order valence-electron chi connectivity index (χ1n) is 3.35. The number of allylic oxidation sites excluding steroid dienone is 2. The fourth-order valence-corrected chi connectivity index (χ4v) is 0.136. The zero-order valence-electron chi connectivity index (χ0n) is 7.13. The number of carbonyl (C=O) groups excluding carboxylic acids is 1. The van der Waals surface area contributed by atoms with Crippen LogP contribution in [0.5, 0.6) is 0 Å². The summed E-state index contributed by atoms with van der Waals surface area (Å²) in [6.07, 6.45) is 2.54. The van der Waals surface area contributed by atoms with E-state index in [0.29, 0.717) is 0 Å². The molecule has 0 bridgehead atoms. The Bertz CT molecular complexity index is 143. The van der Waals surface area contributed by atoms with Crippen LogP contribution in [0.25, 0.3) is 0 Å². The first kappa shape index (κ1) is 12.5. The van der Waals surface area contributed by atoms with Crippen LogP contribution < -0.4 is 0 Å². The topological polar surface area (TPSA) is 54.4 Å². The fourth-order valence-electron chi connectivity index (χ4n) is 0.136. The van der Waals surface area contributed by atoms with E-state index in [2.05, 4.69) is 0 Å². The summed E-state index contributed by atoms with van der Waals surface area (Å²) in [5, 5.41) is 7.72. The molecule has 0 aliphatic carbocycles. The minimum Gasteiger partial charge on any atom is -0.481 e. The molecular formula is C8H14O3. The predicted molar refractivity (Wildman–Crippen MR) is 43.4 cm³/mol. The Labute approximate surface area is 66.7 Å². The van der Waals surface area contributed by atoms with Crippen LogP contribution in [0, 0.1) is 0 Å². The van der Waals surface area contributed by atoms with Gasteiger partial charge in [0.25, 0.3) is 0 Å². The van der Waals surface area contributed by atoms with Gasteiger partial charge in [0.15, 0.2) is 0 Å². The molecule has 0 saturated carbocycles. The summed E-state index contributed by atoms with van der Waals surface area (Å²) in [7, 11) is 0. The van der Waals surface area contributed by atoms with Gasteiger partial charge in [-0.25, -0.2) is 0 Å². The van der Waals surface area contributed by atoms with Gasteiger partial charge in [-0.1, -0.05) is 12.5 Å². The van der Waals surface area contributed by atoms with Gasteiger partial charge in [0.1, 0.15) is 6.29 Å². The van der Waals surface area contributed by atoms with E-state index in [1.165, 1.54) is 6.08 Å². The number of hydrogen-bond acceptors (Lipinski definition) is 2. The molecule has 0 heterocycles. The number of carbonyl (C=O) groups is 2. The smallest absolute Gasteiger partial charge is 0.303 e. The lowest BCUT2D eigenvalue weighted by molar-refractivity contribution is -0.136. The van der Waals surface area contributed by atoms with Crippen LogP contribution in [0.4, 0.5) is 0 Å². The molecule has 0 atom stereocenters. The summed E-state index contributed by atoms with van der Waals surface area (Å²) in [6, 6.07) is 0. The van der Waals surface area contributed by atoms with Crippen molar-refractivity contribution in [1.29, 1.82) is 0 Å². The summed E-state index contributed by atoms with van der Waals surface area (Å²) >= 11 is 0. The van der Waals surface area contributed by atoms with Crippen LogP contribution in [0.1, 0.15) is 27.2 Å². The van der Waals surface area contributed by atoms with Gasteiger partial charge in [-0.15, -0.1) is 0 Å². The minimum atomic E-state index is -0.745. The van der Waals surface area contributed by atoms with Crippen LogP contribution in [0.2, 0.25) is 0 Å². The van der Waals surface area contributed by atoms with Crippen molar-refractivity contribution in [3.05, 3.63) is 11.6 Å². The highest BCUT2D eigenvalue weighted by Crippen LogP contribution is 1.81. The number of hydrogen-bond donors (Lipinski definition) is 1. The second-order valence-corrected chi connectivity index (χ2v) is 2.13. The Morgan fingerprint density at radius 1 is 1.45 bits per heavy atom. The second kappa shape index (κ2) is 8.88.